The molecule has 0 aromatic heterocycles. The lowest BCUT2D eigenvalue weighted by Crippen LogP contribution is -2.47. The largest absolute Gasteiger partial charge is 0.317 e. The molecule has 112 valence electrons. The number of piperidine rings is 1. The van der Waals surface area contributed by atoms with E-state index in [2.05, 4.69) is 45.0 Å². The van der Waals surface area contributed by atoms with Crippen molar-refractivity contribution in [3.05, 3.63) is 0 Å². The Morgan fingerprint density at radius 1 is 1.00 bits per heavy atom. The SMILES string of the molecule is CN(CC1CCNCC1)C1CC(C)(C)CC(C)(C)C1. The van der Waals surface area contributed by atoms with Crippen molar-refractivity contribution >= 4 is 0 Å². The van der Waals surface area contributed by atoms with E-state index in [1.54, 1.807) is 0 Å². The molecule has 0 radical (unpaired) electrons. The zero-order chi connectivity index (χ0) is 14.1. The average Bonchev–Trinajstić information content (AvgIpc) is 2.26. The van der Waals surface area contributed by atoms with Crippen LogP contribution in [-0.2, 0) is 0 Å². The third-order valence-corrected chi connectivity index (χ3v) is 5.16. The molecule has 0 aromatic carbocycles. The van der Waals surface area contributed by atoms with Crippen molar-refractivity contribution in [2.24, 2.45) is 16.7 Å². The topological polar surface area (TPSA) is 15.3 Å². The smallest absolute Gasteiger partial charge is 0.0102 e. The summed E-state index contributed by atoms with van der Waals surface area (Å²) in [6.45, 7) is 13.6. The van der Waals surface area contributed by atoms with E-state index >= 15 is 0 Å². The van der Waals surface area contributed by atoms with Crippen molar-refractivity contribution < 1.29 is 0 Å². The van der Waals surface area contributed by atoms with Crippen LogP contribution in [-0.4, -0.2) is 37.6 Å². The molecule has 0 unspecified atom stereocenters. The number of rotatable bonds is 3. The minimum atomic E-state index is 0.509. The maximum atomic E-state index is 3.48. The molecule has 2 nitrogen and oxygen atoms in total. The van der Waals surface area contributed by atoms with Gasteiger partial charge in [0.15, 0.2) is 0 Å². The van der Waals surface area contributed by atoms with Gasteiger partial charge < -0.3 is 10.2 Å². The van der Waals surface area contributed by atoms with Gasteiger partial charge in [-0.3, -0.25) is 0 Å². The number of nitrogens with zero attached hydrogens (tertiary/aromatic N) is 1. The minimum Gasteiger partial charge on any atom is -0.317 e. The Hall–Kier alpha value is -0.0800. The first-order valence-electron chi connectivity index (χ1n) is 8.18. The highest BCUT2D eigenvalue weighted by molar-refractivity contribution is 4.93. The summed E-state index contributed by atoms with van der Waals surface area (Å²) in [6, 6.07) is 0.786. The van der Waals surface area contributed by atoms with Gasteiger partial charge in [-0.05, 0) is 69.0 Å². The highest BCUT2D eigenvalue weighted by atomic mass is 15.1. The Morgan fingerprint density at radius 2 is 1.53 bits per heavy atom. The molecule has 2 rings (SSSR count). The predicted molar refractivity (Wildman–Crippen MR) is 83.4 cm³/mol. The van der Waals surface area contributed by atoms with Gasteiger partial charge in [-0.25, -0.2) is 0 Å². The molecule has 1 saturated carbocycles. The standard InChI is InChI=1S/C17H34N2/c1-16(2)10-15(11-17(3,4)13-16)19(5)12-14-6-8-18-9-7-14/h14-15,18H,6-13H2,1-5H3. The second-order valence-electron chi connectivity index (χ2n) is 8.70. The van der Waals surface area contributed by atoms with Gasteiger partial charge in [-0.1, -0.05) is 27.7 Å². The zero-order valence-corrected chi connectivity index (χ0v) is 13.8. The van der Waals surface area contributed by atoms with Gasteiger partial charge in [0.25, 0.3) is 0 Å². The lowest BCUT2D eigenvalue weighted by Gasteiger charge is -2.48. The molecule has 1 saturated heterocycles. The van der Waals surface area contributed by atoms with Crippen LogP contribution >= 0.6 is 0 Å². The van der Waals surface area contributed by atoms with Crippen LogP contribution in [0.1, 0.15) is 59.8 Å². The van der Waals surface area contributed by atoms with Gasteiger partial charge in [0.1, 0.15) is 0 Å². The van der Waals surface area contributed by atoms with Gasteiger partial charge >= 0.3 is 0 Å². The van der Waals surface area contributed by atoms with Crippen molar-refractivity contribution in [1.82, 2.24) is 10.2 Å². The van der Waals surface area contributed by atoms with E-state index in [4.69, 9.17) is 0 Å². The summed E-state index contributed by atoms with van der Waals surface area (Å²) >= 11 is 0. The highest BCUT2D eigenvalue weighted by Crippen LogP contribution is 2.47. The fraction of sp³-hybridized carbons (Fsp3) is 1.00. The van der Waals surface area contributed by atoms with Crippen LogP contribution in [0.25, 0.3) is 0 Å². The second kappa shape index (κ2) is 5.73. The molecule has 2 aliphatic rings. The molecule has 0 atom stereocenters. The fourth-order valence-electron chi connectivity index (χ4n) is 4.72. The first-order chi connectivity index (χ1) is 8.77. The van der Waals surface area contributed by atoms with E-state index in [0.717, 1.165) is 12.0 Å². The Bertz CT molecular complexity index is 274. The number of nitrogens with one attached hydrogen (secondary N) is 1. The quantitative estimate of drug-likeness (QED) is 0.841. The minimum absolute atomic E-state index is 0.509. The molecule has 2 heteroatoms. The van der Waals surface area contributed by atoms with Crippen molar-refractivity contribution in [2.75, 3.05) is 26.7 Å². The van der Waals surface area contributed by atoms with E-state index in [0.29, 0.717) is 10.8 Å². The summed E-state index contributed by atoms with van der Waals surface area (Å²) in [5, 5.41) is 3.48. The van der Waals surface area contributed by atoms with Crippen LogP contribution in [0.15, 0.2) is 0 Å². The number of hydrogen-bond donors (Lipinski definition) is 1. The molecule has 19 heavy (non-hydrogen) atoms. The molecular weight excluding hydrogens is 232 g/mol. The second-order valence-corrected chi connectivity index (χ2v) is 8.70. The predicted octanol–water partition coefficient (Wildman–Crippen LogP) is 3.52. The molecule has 1 aliphatic carbocycles. The van der Waals surface area contributed by atoms with E-state index in [1.165, 1.54) is 51.7 Å². The summed E-state index contributed by atoms with van der Waals surface area (Å²) in [4.78, 5) is 2.68. The lowest BCUT2D eigenvalue weighted by molar-refractivity contribution is 0.0276. The van der Waals surface area contributed by atoms with Crippen molar-refractivity contribution in [1.29, 1.82) is 0 Å². The molecular formula is C17H34N2. The van der Waals surface area contributed by atoms with Crippen molar-refractivity contribution in [2.45, 2.75) is 65.8 Å². The maximum absolute atomic E-state index is 3.48. The molecule has 0 bridgehead atoms. The summed E-state index contributed by atoms with van der Waals surface area (Å²) in [5.41, 5.74) is 1.02. The third-order valence-electron chi connectivity index (χ3n) is 5.16. The van der Waals surface area contributed by atoms with Gasteiger partial charge in [-0.15, -0.1) is 0 Å². The molecule has 0 aromatic rings. The summed E-state index contributed by atoms with van der Waals surface area (Å²) in [5.74, 6) is 0.916. The number of hydrogen-bond acceptors (Lipinski definition) is 2. The molecule has 0 amide bonds. The van der Waals surface area contributed by atoms with Gasteiger partial charge in [0, 0.05) is 12.6 Å². The van der Waals surface area contributed by atoms with E-state index in [1.807, 2.05) is 0 Å². The van der Waals surface area contributed by atoms with E-state index in [-0.39, 0.29) is 0 Å². The Morgan fingerprint density at radius 3 is 2.05 bits per heavy atom. The van der Waals surface area contributed by atoms with Crippen LogP contribution in [0.5, 0.6) is 0 Å². The Labute approximate surface area is 120 Å². The Balaban J connectivity index is 1.92. The summed E-state index contributed by atoms with van der Waals surface area (Å²) in [6.07, 6.45) is 6.85. The summed E-state index contributed by atoms with van der Waals surface area (Å²) in [7, 11) is 2.37. The Kier molecular flexibility index (Phi) is 4.62. The van der Waals surface area contributed by atoms with Crippen LogP contribution in [0.3, 0.4) is 0 Å². The monoisotopic (exact) mass is 266 g/mol. The van der Waals surface area contributed by atoms with Crippen LogP contribution in [0, 0.1) is 16.7 Å². The van der Waals surface area contributed by atoms with Crippen molar-refractivity contribution in [3.63, 3.8) is 0 Å². The van der Waals surface area contributed by atoms with Crippen molar-refractivity contribution in [3.8, 4) is 0 Å². The maximum Gasteiger partial charge on any atom is 0.0102 e. The van der Waals surface area contributed by atoms with Gasteiger partial charge in [0.2, 0.25) is 0 Å². The zero-order valence-electron chi connectivity index (χ0n) is 13.8. The average molecular weight is 266 g/mol. The molecule has 1 heterocycles. The molecule has 0 spiro atoms. The van der Waals surface area contributed by atoms with E-state index < -0.39 is 0 Å². The first kappa shape index (κ1) is 15.3. The lowest BCUT2D eigenvalue weighted by atomic mass is 9.63. The van der Waals surface area contributed by atoms with Gasteiger partial charge in [0.05, 0.1) is 0 Å². The third kappa shape index (κ3) is 4.46. The molecule has 1 N–H and O–H groups in total. The fourth-order valence-corrected chi connectivity index (χ4v) is 4.72. The first-order valence-corrected chi connectivity index (χ1v) is 8.18. The highest BCUT2D eigenvalue weighted by Gasteiger charge is 2.39. The van der Waals surface area contributed by atoms with E-state index in [9.17, 15) is 0 Å². The van der Waals surface area contributed by atoms with Gasteiger partial charge in [-0.2, -0.15) is 0 Å². The van der Waals surface area contributed by atoms with Crippen LogP contribution in [0.2, 0.25) is 0 Å². The van der Waals surface area contributed by atoms with Crippen LogP contribution < -0.4 is 5.32 Å². The summed E-state index contributed by atoms with van der Waals surface area (Å²) < 4.78 is 0. The molecule has 2 fully saturated rings. The molecule has 1 aliphatic heterocycles. The normalized spacial score (nSPS) is 28.7. The van der Waals surface area contributed by atoms with Crippen LogP contribution in [0.4, 0.5) is 0 Å².